The van der Waals surface area contributed by atoms with Crippen LogP contribution in [0.4, 0.5) is 0 Å². The molecule has 0 spiro atoms. The lowest BCUT2D eigenvalue weighted by Gasteiger charge is -2.19. The second kappa shape index (κ2) is 8.54. The minimum absolute atomic E-state index is 0.336. The summed E-state index contributed by atoms with van der Waals surface area (Å²) in [5, 5.41) is 20.9. The quantitative estimate of drug-likeness (QED) is 0.506. The van der Waals surface area contributed by atoms with Gasteiger partial charge in [-0.15, -0.1) is 5.48 Å². The molecule has 0 aliphatic carbocycles. The van der Waals surface area contributed by atoms with Crippen LogP contribution in [0.25, 0.3) is 0 Å². The largest absolute Gasteiger partial charge is 0.550 e. The van der Waals surface area contributed by atoms with Gasteiger partial charge in [0.05, 0.1) is 12.0 Å². The lowest BCUT2D eigenvalue weighted by atomic mass is 10.2. The maximum Gasteiger partial charge on any atom is 0.362 e. The Morgan fingerprint density at radius 3 is 2.38 bits per heavy atom. The van der Waals surface area contributed by atoms with Crippen molar-refractivity contribution in [3.63, 3.8) is 0 Å². The molecule has 0 radical (unpaired) electrons. The minimum Gasteiger partial charge on any atom is -0.550 e. The Labute approximate surface area is 120 Å². The van der Waals surface area contributed by atoms with Crippen LogP contribution in [-0.4, -0.2) is 30.6 Å². The lowest BCUT2D eigenvalue weighted by molar-refractivity contribution is -0.312. The molecule has 0 aliphatic heterocycles. The molecule has 0 unspecified atom stereocenters. The molecule has 1 rings (SSSR count). The molecule has 0 aromatic heterocycles. The number of hydrogen-bond donors (Lipinski definition) is 1. The summed E-state index contributed by atoms with van der Waals surface area (Å²) in [4.78, 5) is 36.7. The third-order valence-electron chi connectivity index (χ3n) is 2.34. The van der Waals surface area contributed by atoms with Crippen molar-refractivity contribution in [1.29, 1.82) is 0 Å². The number of benzene rings is 1. The summed E-state index contributed by atoms with van der Waals surface area (Å²) < 4.78 is 5.08. The molecule has 1 atom stereocenters. The van der Waals surface area contributed by atoms with E-state index >= 15 is 0 Å². The minimum atomic E-state index is -1.59. The summed E-state index contributed by atoms with van der Waals surface area (Å²) in [7, 11) is 0. The standard InChI is InChI=1S/C13H15NO7/c15-11(16)7-6-10(13(18)19)14-21-12(17)8-20-9-4-2-1-3-5-9/h1-5,10,14H,6-8H2,(H,15,16)(H,18,19)/p-2/t10-/m1/s1. The van der Waals surface area contributed by atoms with Crippen molar-refractivity contribution >= 4 is 17.9 Å². The van der Waals surface area contributed by atoms with Crippen LogP contribution in [0.3, 0.4) is 0 Å². The van der Waals surface area contributed by atoms with Gasteiger partial charge in [-0.25, -0.2) is 4.79 Å². The Morgan fingerprint density at radius 1 is 1.14 bits per heavy atom. The van der Waals surface area contributed by atoms with E-state index in [1.807, 2.05) is 5.48 Å². The SMILES string of the molecule is O=C([O-])CC[C@@H](NOC(=O)COc1ccccc1)C(=O)[O-]. The highest BCUT2D eigenvalue weighted by molar-refractivity contribution is 5.74. The first-order valence-electron chi connectivity index (χ1n) is 6.03. The van der Waals surface area contributed by atoms with Crippen molar-refractivity contribution in [2.75, 3.05) is 6.61 Å². The first-order valence-corrected chi connectivity index (χ1v) is 6.03. The molecule has 1 aromatic rings. The predicted octanol–water partition coefficient (Wildman–Crippen LogP) is -2.24. The Bertz CT molecular complexity index is 489. The molecule has 1 aromatic carbocycles. The number of nitrogens with one attached hydrogen (secondary N) is 1. The Hall–Kier alpha value is -2.61. The van der Waals surface area contributed by atoms with Crippen LogP contribution >= 0.6 is 0 Å². The number of rotatable bonds is 9. The third kappa shape index (κ3) is 6.92. The fraction of sp³-hybridized carbons (Fsp3) is 0.308. The normalized spacial score (nSPS) is 11.4. The number of carboxylic acids is 2. The highest BCUT2D eigenvalue weighted by atomic mass is 16.7. The molecular formula is C13H13NO7-2. The second-order valence-corrected chi connectivity index (χ2v) is 3.98. The number of carbonyl (C=O) groups is 3. The molecular weight excluding hydrogens is 282 g/mol. The molecule has 21 heavy (non-hydrogen) atoms. The average Bonchev–Trinajstić information content (AvgIpc) is 2.45. The van der Waals surface area contributed by atoms with Crippen LogP contribution in [-0.2, 0) is 19.2 Å². The van der Waals surface area contributed by atoms with Crippen LogP contribution in [0.1, 0.15) is 12.8 Å². The van der Waals surface area contributed by atoms with Crippen LogP contribution in [0.15, 0.2) is 30.3 Å². The summed E-state index contributed by atoms with van der Waals surface area (Å²) in [6.45, 7) is -0.433. The van der Waals surface area contributed by atoms with Crippen molar-refractivity contribution in [3.8, 4) is 5.75 Å². The summed E-state index contributed by atoms with van der Waals surface area (Å²) in [5.74, 6) is -3.42. The molecule has 1 N–H and O–H groups in total. The second-order valence-electron chi connectivity index (χ2n) is 3.98. The van der Waals surface area contributed by atoms with E-state index in [1.165, 1.54) is 0 Å². The average molecular weight is 295 g/mol. The van der Waals surface area contributed by atoms with Crippen molar-refractivity contribution in [2.45, 2.75) is 18.9 Å². The van der Waals surface area contributed by atoms with Gasteiger partial charge in [-0.3, -0.25) is 0 Å². The molecule has 0 saturated heterocycles. The summed E-state index contributed by atoms with van der Waals surface area (Å²) >= 11 is 0. The topological polar surface area (TPSA) is 128 Å². The fourth-order valence-corrected chi connectivity index (χ4v) is 1.31. The molecule has 0 bridgehead atoms. The molecule has 0 amide bonds. The number of carbonyl (C=O) groups excluding carboxylic acids is 3. The molecule has 0 saturated carbocycles. The van der Waals surface area contributed by atoms with Crippen molar-refractivity contribution < 1.29 is 34.2 Å². The van der Waals surface area contributed by atoms with Crippen LogP contribution < -0.4 is 20.4 Å². The van der Waals surface area contributed by atoms with Gasteiger partial charge in [0.1, 0.15) is 5.75 Å². The van der Waals surface area contributed by atoms with Gasteiger partial charge in [0.25, 0.3) is 0 Å². The number of aliphatic carboxylic acids is 2. The highest BCUT2D eigenvalue weighted by Crippen LogP contribution is 2.07. The monoisotopic (exact) mass is 295 g/mol. The Morgan fingerprint density at radius 2 is 1.81 bits per heavy atom. The zero-order valence-electron chi connectivity index (χ0n) is 10.9. The van der Waals surface area contributed by atoms with Gasteiger partial charge in [0.15, 0.2) is 6.61 Å². The van der Waals surface area contributed by atoms with E-state index in [0.717, 1.165) is 0 Å². The van der Waals surface area contributed by atoms with E-state index in [-0.39, 0.29) is 6.42 Å². The Kier molecular flexibility index (Phi) is 6.69. The third-order valence-corrected chi connectivity index (χ3v) is 2.34. The summed E-state index contributed by atoms with van der Waals surface area (Å²) in [5.41, 5.74) is 1.93. The van der Waals surface area contributed by atoms with Gasteiger partial charge in [-0.2, -0.15) is 0 Å². The van der Waals surface area contributed by atoms with Gasteiger partial charge < -0.3 is 29.4 Å². The van der Waals surface area contributed by atoms with E-state index in [9.17, 15) is 24.6 Å². The van der Waals surface area contributed by atoms with Crippen molar-refractivity contribution in [2.24, 2.45) is 0 Å². The molecule has 114 valence electrons. The highest BCUT2D eigenvalue weighted by Gasteiger charge is 2.13. The molecule has 0 heterocycles. The maximum atomic E-state index is 11.3. The van der Waals surface area contributed by atoms with Gasteiger partial charge in [-0.1, -0.05) is 18.2 Å². The molecule has 0 fully saturated rings. The van der Waals surface area contributed by atoms with E-state index in [4.69, 9.17) is 4.74 Å². The van der Waals surface area contributed by atoms with Crippen LogP contribution in [0, 0.1) is 0 Å². The predicted molar refractivity (Wildman–Crippen MR) is 64.2 cm³/mol. The first kappa shape index (κ1) is 16.4. The number of carboxylic acid groups (broad SMARTS) is 2. The van der Waals surface area contributed by atoms with Gasteiger partial charge in [0.2, 0.25) is 0 Å². The number of ether oxygens (including phenoxy) is 1. The zero-order chi connectivity index (χ0) is 15.7. The zero-order valence-corrected chi connectivity index (χ0v) is 10.9. The molecule has 8 nitrogen and oxygen atoms in total. The summed E-state index contributed by atoms with van der Waals surface area (Å²) in [6.07, 6.45) is -0.846. The lowest BCUT2D eigenvalue weighted by Crippen LogP contribution is -2.47. The van der Waals surface area contributed by atoms with Gasteiger partial charge in [-0.05, 0) is 25.0 Å². The van der Waals surface area contributed by atoms with Crippen molar-refractivity contribution in [1.82, 2.24) is 5.48 Å². The van der Waals surface area contributed by atoms with Gasteiger partial charge in [0, 0.05) is 5.97 Å². The van der Waals surface area contributed by atoms with E-state index in [2.05, 4.69) is 4.84 Å². The summed E-state index contributed by atoms with van der Waals surface area (Å²) in [6, 6.07) is 7.02. The van der Waals surface area contributed by atoms with Gasteiger partial charge >= 0.3 is 5.97 Å². The maximum absolute atomic E-state index is 11.3. The van der Waals surface area contributed by atoms with Crippen LogP contribution in [0.5, 0.6) is 5.75 Å². The molecule has 0 aliphatic rings. The first-order chi connectivity index (χ1) is 9.99. The Balaban J connectivity index is 2.32. The van der Waals surface area contributed by atoms with E-state index < -0.39 is 37.0 Å². The van der Waals surface area contributed by atoms with E-state index in [0.29, 0.717) is 5.75 Å². The van der Waals surface area contributed by atoms with Crippen molar-refractivity contribution in [3.05, 3.63) is 30.3 Å². The molecule has 8 heteroatoms. The fourth-order valence-electron chi connectivity index (χ4n) is 1.31. The number of hydrogen-bond acceptors (Lipinski definition) is 8. The van der Waals surface area contributed by atoms with Crippen LogP contribution in [0.2, 0.25) is 0 Å². The number of para-hydroxylation sites is 1. The smallest absolute Gasteiger partial charge is 0.362 e. The number of hydroxylamine groups is 1. The van der Waals surface area contributed by atoms with E-state index in [1.54, 1.807) is 30.3 Å².